The van der Waals surface area contributed by atoms with Crippen molar-refractivity contribution in [2.45, 2.75) is 69.9 Å². The smallest absolute Gasteiger partial charge is 0.434 e. The van der Waals surface area contributed by atoms with Gasteiger partial charge in [0.05, 0.1) is 7.11 Å². The normalized spacial score (nSPS) is 17.4. The van der Waals surface area contributed by atoms with E-state index in [9.17, 15) is 27.6 Å². The second-order valence-electron chi connectivity index (χ2n) is 10.3. The largest absolute Gasteiger partial charge is 0.469 e. The van der Waals surface area contributed by atoms with Crippen molar-refractivity contribution >= 4 is 28.9 Å². The molecule has 0 bridgehead atoms. The molecule has 0 radical (unpaired) electrons. The number of hydrogen-bond donors (Lipinski definition) is 0. The molecule has 0 amide bonds. The molecule has 5 nitrogen and oxygen atoms in total. The highest BCUT2D eigenvalue weighted by atomic mass is 32.1. The Kier molecular flexibility index (Phi) is 9.90. The Morgan fingerprint density at radius 1 is 0.950 bits per heavy atom. The molecule has 1 aromatic heterocycles. The zero-order valence-corrected chi connectivity index (χ0v) is 23.2. The van der Waals surface area contributed by atoms with Gasteiger partial charge in [0.1, 0.15) is 15.7 Å². The van der Waals surface area contributed by atoms with Crippen LogP contribution >= 0.6 is 11.3 Å². The van der Waals surface area contributed by atoms with Gasteiger partial charge in [-0.15, -0.1) is 11.3 Å². The summed E-state index contributed by atoms with van der Waals surface area (Å²) in [5.41, 5.74) is 1.45. The van der Waals surface area contributed by atoms with Crippen molar-refractivity contribution in [1.29, 1.82) is 0 Å². The highest BCUT2D eigenvalue weighted by Crippen LogP contribution is 2.39. The number of thiazole rings is 1. The number of ketones is 2. The van der Waals surface area contributed by atoms with Gasteiger partial charge in [0.25, 0.3) is 0 Å². The molecule has 4 rings (SSSR count). The maximum absolute atomic E-state index is 13.6. The number of ether oxygens (including phenoxy) is 1. The lowest BCUT2D eigenvalue weighted by Gasteiger charge is -2.28. The Bertz CT molecular complexity index is 1310. The van der Waals surface area contributed by atoms with Gasteiger partial charge in [-0.25, -0.2) is 4.98 Å². The third-order valence-electron chi connectivity index (χ3n) is 7.41. The maximum atomic E-state index is 13.6. The molecule has 0 aliphatic heterocycles. The second kappa shape index (κ2) is 13.4. The molecule has 1 heterocycles. The first-order valence-corrected chi connectivity index (χ1v) is 14.3. The van der Waals surface area contributed by atoms with E-state index in [1.807, 2.05) is 24.3 Å². The summed E-state index contributed by atoms with van der Waals surface area (Å²) in [6, 6.07) is 16.4. The number of aromatic nitrogens is 1. The molecule has 9 heteroatoms. The number of benzene rings is 2. The van der Waals surface area contributed by atoms with Gasteiger partial charge >= 0.3 is 12.1 Å². The van der Waals surface area contributed by atoms with Crippen LogP contribution in [0.25, 0.3) is 10.6 Å². The van der Waals surface area contributed by atoms with Crippen LogP contribution in [0.4, 0.5) is 13.2 Å². The van der Waals surface area contributed by atoms with Crippen LogP contribution < -0.4 is 0 Å². The maximum Gasteiger partial charge on any atom is 0.434 e. The van der Waals surface area contributed by atoms with Crippen LogP contribution in [0, 0.1) is 5.92 Å². The third kappa shape index (κ3) is 7.87. The number of methoxy groups -OCH3 is 1. The lowest BCUT2D eigenvalue weighted by molar-refractivity contribution is -0.142. The van der Waals surface area contributed by atoms with E-state index < -0.39 is 22.5 Å². The summed E-state index contributed by atoms with van der Waals surface area (Å²) in [5.74, 6) is -0.0665. The van der Waals surface area contributed by atoms with Crippen molar-refractivity contribution in [3.05, 3.63) is 76.3 Å². The average molecular weight is 572 g/mol. The van der Waals surface area contributed by atoms with Crippen molar-refractivity contribution in [3.63, 3.8) is 0 Å². The fourth-order valence-electron chi connectivity index (χ4n) is 5.21. The standard InChI is InChI=1S/C31H32F3NO4S/c1-39-27(38)19-21-12-16-23(17-13-21)22-14-10-20(11-15-22)18-25(36)8-5-9-26(37)28-29(31(32,33)34)35-30(40-28)24-6-3-2-4-7-24/h2-4,6-7,10-11,14-15,21,23H,5,8-9,12-13,16-19H2,1H3. The average Bonchev–Trinajstić information content (AvgIpc) is 3.41. The minimum absolute atomic E-state index is 0.0609. The highest BCUT2D eigenvalue weighted by molar-refractivity contribution is 7.17. The summed E-state index contributed by atoms with van der Waals surface area (Å²) >= 11 is 0.739. The molecule has 0 unspecified atom stereocenters. The SMILES string of the molecule is COC(=O)CC1CCC(c2ccc(CC(=O)CCCC(=O)c3sc(-c4ccccc4)nc3C(F)(F)F)cc2)CC1. The predicted octanol–water partition coefficient (Wildman–Crippen LogP) is 7.83. The van der Waals surface area contributed by atoms with Gasteiger partial charge in [-0.05, 0) is 55.1 Å². The van der Waals surface area contributed by atoms with Crippen molar-refractivity contribution in [3.8, 4) is 10.6 Å². The fraction of sp³-hybridized carbons (Fsp3) is 0.419. The zero-order chi connectivity index (χ0) is 28.7. The molecule has 0 atom stereocenters. The van der Waals surface area contributed by atoms with E-state index in [2.05, 4.69) is 4.98 Å². The van der Waals surface area contributed by atoms with Gasteiger partial charge < -0.3 is 4.74 Å². The number of nitrogens with zero attached hydrogens (tertiary/aromatic N) is 1. The summed E-state index contributed by atoms with van der Waals surface area (Å²) in [4.78, 5) is 40.1. The molecule has 2 aromatic carbocycles. The quantitative estimate of drug-likeness (QED) is 0.173. The second-order valence-corrected chi connectivity index (χ2v) is 11.3. The number of carbonyl (C=O) groups is 3. The van der Waals surface area contributed by atoms with E-state index >= 15 is 0 Å². The Morgan fingerprint density at radius 3 is 2.25 bits per heavy atom. The molecule has 1 saturated carbocycles. The van der Waals surface area contributed by atoms with E-state index in [4.69, 9.17) is 4.74 Å². The van der Waals surface area contributed by atoms with E-state index in [-0.39, 0.29) is 42.4 Å². The van der Waals surface area contributed by atoms with Crippen LogP contribution in [-0.2, 0) is 26.9 Å². The fourth-order valence-corrected chi connectivity index (χ4v) is 6.27. The molecule has 0 N–H and O–H groups in total. The minimum Gasteiger partial charge on any atom is -0.469 e. The number of Topliss-reactive ketones (excluding diaryl/α,β-unsaturated/α-hetero) is 2. The van der Waals surface area contributed by atoms with Gasteiger partial charge in [0.2, 0.25) is 0 Å². The lowest BCUT2D eigenvalue weighted by atomic mass is 9.77. The number of alkyl halides is 3. The van der Waals surface area contributed by atoms with Crippen LogP contribution in [0.5, 0.6) is 0 Å². The molecule has 40 heavy (non-hydrogen) atoms. The molecule has 1 aliphatic carbocycles. The van der Waals surface area contributed by atoms with Crippen LogP contribution in [-0.4, -0.2) is 29.6 Å². The third-order valence-corrected chi connectivity index (χ3v) is 8.56. The summed E-state index contributed by atoms with van der Waals surface area (Å²) in [7, 11) is 1.41. The van der Waals surface area contributed by atoms with Crippen LogP contribution in [0.2, 0.25) is 0 Å². The molecular weight excluding hydrogens is 539 g/mol. The first kappa shape index (κ1) is 29.6. The van der Waals surface area contributed by atoms with Gasteiger partial charge in [0, 0.05) is 31.2 Å². The number of halogens is 3. The van der Waals surface area contributed by atoms with Crippen LogP contribution in [0.15, 0.2) is 54.6 Å². The molecule has 0 saturated heterocycles. The molecular formula is C31H32F3NO4S. The van der Waals surface area contributed by atoms with E-state index in [0.717, 1.165) is 42.6 Å². The van der Waals surface area contributed by atoms with Gasteiger partial charge in [-0.3, -0.25) is 14.4 Å². The molecule has 0 spiro atoms. The Labute approximate surface area is 235 Å². The molecule has 1 fully saturated rings. The highest BCUT2D eigenvalue weighted by Gasteiger charge is 2.39. The van der Waals surface area contributed by atoms with Gasteiger partial charge in [-0.1, -0.05) is 54.6 Å². The Hall–Kier alpha value is -3.33. The van der Waals surface area contributed by atoms with Gasteiger partial charge in [0.15, 0.2) is 11.5 Å². The van der Waals surface area contributed by atoms with Gasteiger partial charge in [-0.2, -0.15) is 13.2 Å². The van der Waals surface area contributed by atoms with Crippen molar-refractivity contribution in [2.24, 2.45) is 5.92 Å². The van der Waals surface area contributed by atoms with E-state index in [0.29, 0.717) is 23.8 Å². The van der Waals surface area contributed by atoms with Crippen molar-refractivity contribution in [2.75, 3.05) is 7.11 Å². The number of carbonyl (C=O) groups excluding carboxylic acids is 3. The minimum atomic E-state index is -4.74. The first-order valence-electron chi connectivity index (χ1n) is 13.5. The summed E-state index contributed by atoms with van der Waals surface area (Å²) in [6.07, 6.45) is 0.0839. The van der Waals surface area contributed by atoms with Crippen molar-refractivity contribution < 1.29 is 32.3 Å². The first-order chi connectivity index (χ1) is 19.1. The molecule has 1 aliphatic rings. The van der Waals surface area contributed by atoms with Crippen LogP contribution in [0.1, 0.15) is 83.8 Å². The van der Waals surface area contributed by atoms with Crippen molar-refractivity contribution in [1.82, 2.24) is 4.98 Å². The lowest BCUT2D eigenvalue weighted by Crippen LogP contribution is -2.17. The number of hydrogen-bond acceptors (Lipinski definition) is 6. The monoisotopic (exact) mass is 571 g/mol. The summed E-state index contributed by atoms with van der Waals surface area (Å²) in [6.45, 7) is 0. The molecule has 3 aromatic rings. The Morgan fingerprint density at radius 2 is 1.62 bits per heavy atom. The topological polar surface area (TPSA) is 73.3 Å². The summed E-state index contributed by atoms with van der Waals surface area (Å²) < 4.78 is 45.5. The predicted molar refractivity (Wildman–Crippen MR) is 147 cm³/mol. The number of rotatable bonds is 11. The van der Waals surface area contributed by atoms with E-state index in [1.54, 1.807) is 30.3 Å². The number of esters is 1. The van der Waals surface area contributed by atoms with Crippen LogP contribution in [0.3, 0.4) is 0 Å². The van der Waals surface area contributed by atoms with E-state index in [1.165, 1.54) is 12.7 Å². The summed E-state index contributed by atoms with van der Waals surface area (Å²) in [5, 5.41) is 0.144. The zero-order valence-electron chi connectivity index (χ0n) is 22.3. The Balaban J connectivity index is 1.26. The molecule has 212 valence electrons.